The monoisotopic (exact) mass is 202 g/mol. The lowest BCUT2D eigenvalue weighted by molar-refractivity contribution is -0.122. The highest BCUT2D eigenvalue weighted by Gasteiger charge is 2.08. The molecule has 0 heterocycles. The maximum atomic E-state index is 11.3. The summed E-state index contributed by atoms with van der Waals surface area (Å²) in [6.07, 6.45) is 3.93. The molecular weight excluding hydrogens is 188 g/mol. The van der Waals surface area contributed by atoms with Crippen LogP contribution in [0.2, 0.25) is 0 Å². The SMILES string of the molecule is C=CCC(O)C(=O)/C=C/c1ccccc1. The Balaban J connectivity index is 2.58. The number of ketones is 1. The fourth-order valence-electron chi connectivity index (χ4n) is 1.13. The van der Waals surface area contributed by atoms with Crippen LogP contribution in [-0.4, -0.2) is 17.0 Å². The second-order valence-corrected chi connectivity index (χ2v) is 3.19. The Kier molecular flexibility index (Phi) is 4.51. The molecule has 1 atom stereocenters. The summed E-state index contributed by atoms with van der Waals surface area (Å²) in [4.78, 5) is 11.3. The third-order valence-corrected chi connectivity index (χ3v) is 1.96. The smallest absolute Gasteiger partial charge is 0.184 e. The molecule has 2 heteroatoms. The van der Waals surface area contributed by atoms with Gasteiger partial charge in [0.05, 0.1) is 0 Å². The van der Waals surface area contributed by atoms with Gasteiger partial charge in [0.1, 0.15) is 6.10 Å². The molecule has 15 heavy (non-hydrogen) atoms. The van der Waals surface area contributed by atoms with Gasteiger partial charge < -0.3 is 5.11 Å². The highest BCUT2D eigenvalue weighted by molar-refractivity contribution is 5.96. The molecule has 0 radical (unpaired) electrons. The summed E-state index contributed by atoms with van der Waals surface area (Å²) in [6, 6.07) is 9.48. The fraction of sp³-hybridized carbons (Fsp3) is 0.154. The number of carbonyl (C=O) groups excluding carboxylic acids is 1. The predicted octanol–water partition coefficient (Wildman–Crippen LogP) is 2.21. The van der Waals surface area contributed by atoms with E-state index in [-0.39, 0.29) is 12.2 Å². The average molecular weight is 202 g/mol. The molecule has 0 amide bonds. The van der Waals surface area contributed by atoms with Crippen molar-refractivity contribution in [2.24, 2.45) is 0 Å². The molecule has 0 spiro atoms. The van der Waals surface area contributed by atoms with Crippen molar-refractivity contribution in [1.29, 1.82) is 0 Å². The van der Waals surface area contributed by atoms with E-state index in [0.717, 1.165) is 5.56 Å². The molecule has 0 saturated heterocycles. The summed E-state index contributed by atoms with van der Waals surface area (Å²) in [6.45, 7) is 3.47. The molecule has 0 fully saturated rings. The lowest BCUT2D eigenvalue weighted by Crippen LogP contribution is -2.16. The van der Waals surface area contributed by atoms with E-state index in [1.54, 1.807) is 6.08 Å². The molecule has 2 nitrogen and oxygen atoms in total. The molecule has 0 aromatic heterocycles. The topological polar surface area (TPSA) is 37.3 Å². The second kappa shape index (κ2) is 5.94. The van der Waals surface area contributed by atoms with Gasteiger partial charge in [-0.1, -0.05) is 42.5 Å². The first kappa shape index (κ1) is 11.4. The van der Waals surface area contributed by atoms with Crippen LogP contribution >= 0.6 is 0 Å². The Labute approximate surface area is 89.6 Å². The maximum absolute atomic E-state index is 11.3. The average Bonchev–Trinajstić information content (AvgIpc) is 2.27. The van der Waals surface area contributed by atoms with Crippen LogP contribution in [0.25, 0.3) is 6.08 Å². The lowest BCUT2D eigenvalue weighted by atomic mass is 10.1. The molecule has 0 aliphatic heterocycles. The quantitative estimate of drug-likeness (QED) is 0.587. The molecule has 0 aliphatic carbocycles. The summed E-state index contributed by atoms with van der Waals surface area (Å²) < 4.78 is 0. The van der Waals surface area contributed by atoms with Crippen molar-refractivity contribution in [2.75, 3.05) is 0 Å². The van der Waals surface area contributed by atoms with Crippen molar-refractivity contribution in [1.82, 2.24) is 0 Å². The largest absolute Gasteiger partial charge is 0.385 e. The van der Waals surface area contributed by atoms with Crippen molar-refractivity contribution < 1.29 is 9.90 Å². The van der Waals surface area contributed by atoms with Gasteiger partial charge in [-0.25, -0.2) is 0 Å². The zero-order chi connectivity index (χ0) is 11.1. The minimum Gasteiger partial charge on any atom is -0.385 e. The molecule has 1 rings (SSSR count). The summed E-state index contributed by atoms with van der Waals surface area (Å²) in [7, 11) is 0. The Hall–Kier alpha value is -1.67. The summed E-state index contributed by atoms with van der Waals surface area (Å²) in [5.41, 5.74) is 0.941. The van der Waals surface area contributed by atoms with E-state index in [2.05, 4.69) is 6.58 Å². The van der Waals surface area contributed by atoms with Crippen molar-refractivity contribution in [3.8, 4) is 0 Å². The third-order valence-electron chi connectivity index (χ3n) is 1.96. The van der Waals surface area contributed by atoms with E-state index >= 15 is 0 Å². The molecule has 1 aromatic carbocycles. The Bertz CT molecular complexity index is 352. The van der Waals surface area contributed by atoms with Gasteiger partial charge in [-0.05, 0) is 18.1 Å². The highest BCUT2D eigenvalue weighted by atomic mass is 16.3. The second-order valence-electron chi connectivity index (χ2n) is 3.19. The minimum atomic E-state index is -0.970. The highest BCUT2D eigenvalue weighted by Crippen LogP contribution is 2.03. The van der Waals surface area contributed by atoms with Crippen LogP contribution in [-0.2, 0) is 4.79 Å². The molecule has 1 unspecified atom stereocenters. The molecule has 1 N–H and O–H groups in total. The van der Waals surface area contributed by atoms with Crippen LogP contribution in [0.4, 0.5) is 0 Å². The van der Waals surface area contributed by atoms with Crippen molar-refractivity contribution in [3.63, 3.8) is 0 Å². The van der Waals surface area contributed by atoms with Gasteiger partial charge in [-0.3, -0.25) is 4.79 Å². The fourth-order valence-corrected chi connectivity index (χ4v) is 1.13. The Morgan fingerprint density at radius 3 is 2.67 bits per heavy atom. The number of carbonyl (C=O) groups is 1. The van der Waals surface area contributed by atoms with Gasteiger partial charge in [0.25, 0.3) is 0 Å². The molecule has 0 saturated carbocycles. The van der Waals surface area contributed by atoms with Crippen LogP contribution in [0, 0.1) is 0 Å². The number of benzene rings is 1. The van der Waals surface area contributed by atoms with Gasteiger partial charge in [0, 0.05) is 0 Å². The third kappa shape index (κ3) is 3.92. The summed E-state index contributed by atoms with van der Waals surface area (Å²) in [5.74, 6) is -0.293. The first-order valence-electron chi connectivity index (χ1n) is 4.80. The van der Waals surface area contributed by atoms with Crippen LogP contribution in [0.3, 0.4) is 0 Å². The Morgan fingerprint density at radius 2 is 2.07 bits per heavy atom. The van der Waals surface area contributed by atoms with Gasteiger partial charge in [0.2, 0.25) is 0 Å². The molecule has 0 aliphatic rings. The van der Waals surface area contributed by atoms with E-state index in [1.165, 1.54) is 12.2 Å². The van der Waals surface area contributed by atoms with Gasteiger partial charge >= 0.3 is 0 Å². The standard InChI is InChI=1S/C13H14O2/c1-2-6-12(14)13(15)10-9-11-7-4-3-5-8-11/h2-5,7-10,12,14H,1,6H2/b10-9+. The van der Waals surface area contributed by atoms with Gasteiger partial charge in [-0.15, -0.1) is 6.58 Å². The van der Waals surface area contributed by atoms with E-state index in [9.17, 15) is 9.90 Å². The van der Waals surface area contributed by atoms with E-state index < -0.39 is 6.10 Å². The number of hydrogen-bond acceptors (Lipinski definition) is 2. The van der Waals surface area contributed by atoms with E-state index in [1.807, 2.05) is 30.3 Å². The number of aliphatic hydroxyl groups is 1. The van der Waals surface area contributed by atoms with Crippen molar-refractivity contribution in [2.45, 2.75) is 12.5 Å². The van der Waals surface area contributed by atoms with Crippen LogP contribution < -0.4 is 0 Å². The molecular formula is C13H14O2. The summed E-state index contributed by atoms with van der Waals surface area (Å²) in [5, 5.41) is 9.32. The Morgan fingerprint density at radius 1 is 1.40 bits per heavy atom. The normalized spacial score (nSPS) is 12.6. The van der Waals surface area contributed by atoms with E-state index in [0.29, 0.717) is 0 Å². The number of aliphatic hydroxyl groups excluding tert-OH is 1. The zero-order valence-electron chi connectivity index (χ0n) is 8.47. The maximum Gasteiger partial charge on any atom is 0.184 e. The predicted molar refractivity (Wildman–Crippen MR) is 61.3 cm³/mol. The zero-order valence-corrected chi connectivity index (χ0v) is 8.47. The lowest BCUT2D eigenvalue weighted by Gasteiger charge is -2.01. The molecule has 0 bridgehead atoms. The number of rotatable bonds is 5. The van der Waals surface area contributed by atoms with Crippen LogP contribution in [0.15, 0.2) is 49.1 Å². The molecule has 78 valence electrons. The summed E-state index contributed by atoms with van der Waals surface area (Å²) >= 11 is 0. The first-order chi connectivity index (χ1) is 7.24. The minimum absolute atomic E-state index is 0.290. The van der Waals surface area contributed by atoms with Crippen molar-refractivity contribution >= 4 is 11.9 Å². The first-order valence-corrected chi connectivity index (χ1v) is 4.80. The number of hydrogen-bond donors (Lipinski definition) is 1. The van der Waals surface area contributed by atoms with Crippen LogP contribution in [0.1, 0.15) is 12.0 Å². The van der Waals surface area contributed by atoms with Crippen molar-refractivity contribution in [3.05, 3.63) is 54.6 Å². The molecule has 1 aromatic rings. The van der Waals surface area contributed by atoms with Gasteiger partial charge in [0.15, 0.2) is 5.78 Å². The van der Waals surface area contributed by atoms with Gasteiger partial charge in [-0.2, -0.15) is 0 Å². The van der Waals surface area contributed by atoms with Crippen LogP contribution in [0.5, 0.6) is 0 Å². The van der Waals surface area contributed by atoms with E-state index in [4.69, 9.17) is 0 Å².